The summed E-state index contributed by atoms with van der Waals surface area (Å²) in [6, 6.07) is 0. The zero-order chi connectivity index (χ0) is 13.1. The van der Waals surface area contributed by atoms with Gasteiger partial charge in [-0.3, -0.25) is 9.63 Å². The highest BCUT2D eigenvalue weighted by molar-refractivity contribution is 5.81. The first-order chi connectivity index (χ1) is 7.79. The summed E-state index contributed by atoms with van der Waals surface area (Å²) in [4.78, 5) is 25.6. The van der Waals surface area contributed by atoms with Crippen molar-refractivity contribution in [3.63, 3.8) is 0 Å². The number of amides is 1. The zero-order valence-electron chi connectivity index (χ0n) is 8.49. The SMILES string of the molecule is O=C(O)C1CCC(C(=O)NOCC(F)(F)F)O1. The van der Waals surface area contributed by atoms with E-state index in [1.54, 1.807) is 5.48 Å². The molecule has 0 aromatic rings. The molecule has 6 nitrogen and oxygen atoms in total. The van der Waals surface area contributed by atoms with Crippen molar-refractivity contribution in [1.82, 2.24) is 5.48 Å². The van der Waals surface area contributed by atoms with Crippen molar-refractivity contribution in [3.05, 3.63) is 0 Å². The normalized spacial score (nSPS) is 24.6. The first kappa shape index (κ1) is 13.7. The summed E-state index contributed by atoms with van der Waals surface area (Å²) >= 11 is 0. The van der Waals surface area contributed by atoms with Gasteiger partial charge in [-0.05, 0) is 12.8 Å². The van der Waals surface area contributed by atoms with E-state index in [1.165, 1.54) is 0 Å². The molecule has 2 atom stereocenters. The van der Waals surface area contributed by atoms with Crippen LogP contribution in [0.25, 0.3) is 0 Å². The third-order valence-corrected chi connectivity index (χ3v) is 2.00. The molecule has 0 aromatic carbocycles. The number of hydroxylamine groups is 1. The molecule has 1 amide bonds. The van der Waals surface area contributed by atoms with E-state index in [4.69, 9.17) is 9.84 Å². The van der Waals surface area contributed by atoms with E-state index in [0.717, 1.165) is 0 Å². The maximum absolute atomic E-state index is 11.7. The number of carbonyl (C=O) groups is 2. The fourth-order valence-corrected chi connectivity index (χ4v) is 1.27. The summed E-state index contributed by atoms with van der Waals surface area (Å²) < 4.78 is 39.8. The van der Waals surface area contributed by atoms with Crippen LogP contribution >= 0.6 is 0 Å². The fourth-order valence-electron chi connectivity index (χ4n) is 1.27. The van der Waals surface area contributed by atoms with E-state index in [1.807, 2.05) is 0 Å². The van der Waals surface area contributed by atoms with Crippen LogP contribution in [-0.2, 0) is 19.2 Å². The number of aliphatic carboxylic acids is 1. The second-order valence-corrected chi connectivity index (χ2v) is 3.40. The van der Waals surface area contributed by atoms with Gasteiger partial charge in [-0.15, -0.1) is 0 Å². The molecule has 2 N–H and O–H groups in total. The van der Waals surface area contributed by atoms with Crippen molar-refractivity contribution in [1.29, 1.82) is 0 Å². The number of nitrogens with one attached hydrogen (secondary N) is 1. The highest BCUT2D eigenvalue weighted by Gasteiger charge is 2.35. The third kappa shape index (κ3) is 4.57. The van der Waals surface area contributed by atoms with Crippen molar-refractivity contribution in [3.8, 4) is 0 Å². The van der Waals surface area contributed by atoms with Crippen LogP contribution in [0.2, 0.25) is 0 Å². The second-order valence-electron chi connectivity index (χ2n) is 3.40. The summed E-state index contributed by atoms with van der Waals surface area (Å²) in [7, 11) is 0. The number of halogens is 3. The predicted molar refractivity (Wildman–Crippen MR) is 45.7 cm³/mol. The molecule has 1 aliphatic rings. The van der Waals surface area contributed by atoms with Crippen LogP contribution in [0.3, 0.4) is 0 Å². The molecule has 1 aliphatic heterocycles. The molecule has 1 heterocycles. The standard InChI is InChI=1S/C8H10F3NO5/c9-8(10,11)3-16-12-6(13)4-1-2-5(17-4)7(14)15/h4-5H,1-3H2,(H,12,13)(H,14,15). The Labute approximate surface area is 93.6 Å². The Hall–Kier alpha value is -1.35. The number of carbonyl (C=O) groups excluding carboxylic acids is 1. The molecule has 1 fully saturated rings. The van der Waals surface area contributed by atoms with Gasteiger partial charge in [0.05, 0.1) is 0 Å². The summed E-state index contributed by atoms with van der Waals surface area (Å²) in [5.41, 5.74) is 1.56. The summed E-state index contributed by atoms with van der Waals surface area (Å²) in [6.45, 7) is -1.62. The number of rotatable bonds is 4. The number of alkyl halides is 3. The predicted octanol–water partition coefficient (Wildman–Crippen LogP) is 0.229. The number of hydrogen-bond acceptors (Lipinski definition) is 4. The molecule has 1 saturated heterocycles. The lowest BCUT2D eigenvalue weighted by molar-refractivity contribution is -0.194. The zero-order valence-corrected chi connectivity index (χ0v) is 8.49. The summed E-state index contributed by atoms with van der Waals surface area (Å²) in [5, 5.41) is 8.56. The highest BCUT2D eigenvalue weighted by Crippen LogP contribution is 2.20. The lowest BCUT2D eigenvalue weighted by Gasteiger charge is -2.12. The molecule has 9 heteroatoms. The van der Waals surface area contributed by atoms with Gasteiger partial charge in [-0.2, -0.15) is 13.2 Å². The van der Waals surface area contributed by atoms with Crippen LogP contribution in [0.4, 0.5) is 13.2 Å². The van der Waals surface area contributed by atoms with E-state index in [-0.39, 0.29) is 12.8 Å². The molecule has 0 aromatic heterocycles. The molecule has 2 unspecified atom stereocenters. The summed E-state index contributed by atoms with van der Waals surface area (Å²) in [6.07, 6.45) is -6.49. The van der Waals surface area contributed by atoms with E-state index in [0.29, 0.717) is 0 Å². The molecule has 1 rings (SSSR count). The first-order valence-corrected chi connectivity index (χ1v) is 4.66. The number of carboxylic acids is 1. The van der Waals surface area contributed by atoms with Gasteiger partial charge in [-0.1, -0.05) is 0 Å². The maximum atomic E-state index is 11.7. The van der Waals surface area contributed by atoms with Crippen molar-refractivity contribution in [2.24, 2.45) is 0 Å². The Bertz CT molecular complexity index is 306. The molecule has 0 aliphatic carbocycles. The van der Waals surface area contributed by atoms with Crippen LogP contribution in [0.1, 0.15) is 12.8 Å². The van der Waals surface area contributed by atoms with Crippen LogP contribution in [0.5, 0.6) is 0 Å². The van der Waals surface area contributed by atoms with Gasteiger partial charge in [0, 0.05) is 0 Å². The van der Waals surface area contributed by atoms with Crippen LogP contribution in [0, 0.1) is 0 Å². The number of ether oxygens (including phenoxy) is 1. The van der Waals surface area contributed by atoms with Crippen molar-refractivity contribution < 1.29 is 37.4 Å². The highest BCUT2D eigenvalue weighted by atomic mass is 19.4. The smallest absolute Gasteiger partial charge is 0.414 e. The lowest BCUT2D eigenvalue weighted by Crippen LogP contribution is -2.37. The molecule has 0 radical (unpaired) electrons. The largest absolute Gasteiger partial charge is 0.479 e. The maximum Gasteiger partial charge on any atom is 0.414 e. The van der Waals surface area contributed by atoms with E-state index in [2.05, 4.69) is 4.84 Å². The monoisotopic (exact) mass is 257 g/mol. The lowest BCUT2D eigenvalue weighted by atomic mass is 10.2. The topological polar surface area (TPSA) is 84.9 Å². The molecule has 0 saturated carbocycles. The fraction of sp³-hybridized carbons (Fsp3) is 0.750. The third-order valence-electron chi connectivity index (χ3n) is 2.00. The Kier molecular flexibility index (Phi) is 4.29. The van der Waals surface area contributed by atoms with Gasteiger partial charge in [0.2, 0.25) is 0 Å². The first-order valence-electron chi connectivity index (χ1n) is 4.66. The quantitative estimate of drug-likeness (QED) is 0.704. The van der Waals surface area contributed by atoms with Gasteiger partial charge < -0.3 is 9.84 Å². The Morgan fingerprint density at radius 1 is 1.35 bits per heavy atom. The molecule has 0 bridgehead atoms. The van der Waals surface area contributed by atoms with Gasteiger partial charge in [0.25, 0.3) is 5.91 Å². The van der Waals surface area contributed by atoms with Crippen LogP contribution < -0.4 is 5.48 Å². The van der Waals surface area contributed by atoms with E-state index >= 15 is 0 Å². The van der Waals surface area contributed by atoms with Gasteiger partial charge >= 0.3 is 12.1 Å². The molecule has 17 heavy (non-hydrogen) atoms. The van der Waals surface area contributed by atoms with Crippen LogP contribution in [-0.4, -0.2) is 42.0 Å². The van der Waals surface area contributed by atoms with E-state index < -0.39 is 36.9 Å². The minimum absolute atomic E-state index is 0.123. The minimum Gasteiger partial charge on any atom is -0.479 e. The molecule has 98 valence electrons. The van der Waals surface area contributed by atoms with Crippen molar-refractivity contribution >= 4 is 11.9 Å². The summed E-state index contributed by atoms with van der Waals surface area (Å²) in [5.74, 6) is -2.13. The Morgan fingerprint density at radius 2 is 1.94 bits per heavy atom. The number of hydrogen-bond donors (Lipinski definition) is 2. The Morgan fingerprint density at radius 3 is 2.41 bits per heavy atom. The van der Waals surface area contributed by atoms with Crippen molar-refractivity contribution in [2.45, 2.75) is 31.2 Å². The second kappa shape index (κ2) is 5.32. The molecular weight excluding hydrogens is 247 g/mol. The number of carboxylic acid groups (broad SMARTS) is 1. The van der Waals surface area contributed by atoms with E-state index in [9.17, 15) is 22.8 Å². The molecular formula is C8H10F3NO5. The van der Waals surface area contributed by atoms with Gasteiger partial charge in [0.15, 0.2) is 12.7 Å². The Balaban J connectivity index is 2.28. The van der Waals surface area contributed by atoms with Gasteiger partial charge in [0.1, 0.15) is 6.10 Å². The minimum atomic E-state index is -4.55. The van der Waals surface area contributed by atoms with Crippen LogP contribution in [0.15, 0.2) is 0 Å². The van der Waals surface area contributed by atoms with Crippen molar-refractivity contribution in [2.75, 3.05) is 6.61 Å². The molecule has 0 spiro atoms. The van der Waals surface area contributed by atoms with Gasteiger partial charge in [-0.25, -0.2) is 10.3 Å². The average Bonchev–Trinajstić information content (AvgIpc) is 2.63. The average molecular weight is 257 g/mol.